The number of carbonyl (C=O) groups is 1. The molecule has 1 heterocycles. The molecule has 0 radical (unpaired) electrons. The second kappa shape index (κ2) is 9.53. The van der Waals surface area contributed by atoms with Gasteiger partial charge in [-0.05, 0) is 23.6 Å². The Hall–Kier alpha value is -2.18. The molecule has 1 aromatic rings. The van der Waals surface area contributed by atoms with Gasteiger partial charge in [-0.3, -0.25) is 4.79 Å². The molecule has 1 fully saturated rings. The van der Waals surface area contributed by atoms with E-state index >= 15 is 0 Å². The van der Waals surface area contributed by atoms with E-state index in [9.17, 15) is 31.5 Å². The first-order chi connectivity index (χ1) is 14.3. The number of oxime groups is 1. The number of halogens is 3. The molecule has 174 valence electrons. The maximum Gasteiger partial charge on any atom is 0.416 e. The summed E-state index contributed by atoms with van der Waals surface area (Å²) < 4.78 is 65.2. The third-order valence-corrected chi connectivity index (χ3v) is 6.79. The summed E-state index contributed by atoms with van der Waals surface area (Å²) in [5.41, 5.74) is 4.18. The first-order valence-corrected chi connectivity index (χ1v) is 11.0. The highest BCUT2D eigenvalue weighted by molar-refractivity contribution is 7.89. The molecular weight excluding hydrogens is 439 g/mol. The number of benzene rings is 1. The Morgan fingerprint density at radius 1 is 1.29 bits per heavy atom. The van der Waals surface area contributed by atoms with Gasteiger partial charge in [0.05, 0.1) is 16.2 Å². The summed E-state index contributed by atoms with van der Waals surface area (Å²) in [5.74, 6) is -0.740. The lowest BCUT2D eigenvalue weighted by Crippen LogP contribution is -2.39. The van der Waals surface area contributed by atoms with Crippen molar-refractivity contribution in [1.82, 2.24) is 4.31 Å². The van der Waals surface area contributed by atoms with Crippen LogP contribution in [0.3, 0.4) is 0 Å². The molecule has 2 rings (SSSR count). The number of alkyl halides is 3. The topological polar surface area (TPSA) is 122 Å². The summed E-state index contributed by atoms with van der Waals surface area (Å²) in [6.07, 6.45) is -5.18. The number of aliphatic hydroxyl groups excluding tert-OH is 1. The first-order valence-electron chi connectivity index (χ1n) is 9.55. The molecule has 1 saturated heterocycles. The molecule has 8 nitrogen and oxygen atoms in total. The summed E-state index contributed by atoms with van der Waals surface area (Å²) in [4.78, 5) is 16.4. The molecule has 12 heteroatoms. The Kier molecular flexibility index (Phi) is 7.71. The van der Waals surface area contributed by atoms with Crippen LogP contribution in [0.25, 0.3) is 0 Å². The van der Waals surface area contributed by atoms with Crippen molar-refractivity contribution in [3.63, 3.8) is 0 Å². The van der Waals surface area contributed by atoms with Crippen LogP contribution in [0.4, 0.5) is 13.2 Å². The average molecular weight is 465 g/mol. The number of carbonyl (C=O) groups excluding carboxylic acids is 1. The maximum atomic E-state index is 12.9. The zero-order chi connectivity index (χ0) is 23.4. The SMILES string of the molecule is CC(C)(CO)CC(ON=C1CCN(S(=O)(=O)c2cccc(C(F)(F)F)c2)CC1)C(N)=O. The van der Waals surface area contributed by atoms with E-state index in [0.717, 1.165) is 22.5 Å². The van der Waals surface area contributed by atoms with Gasteiger partial charge >= 0.3 is 6.18 Å². The van der Waals surface area contributed by atoms with Crippen molar-refractivity contribution >= 4 is 21.6 Å². The summed E-state index contributed by atoms with van der Waals surface area (Å²) in [6.45, 7) is 3.29. The summed E-state index contributed by atoms with van der Waals surface area (Å²) in [7, 11) is -4.10. The van der Waals surface area contributed by atoms with Crippen molar-refractivity contribution in [3.8, 4) is 0 Å². The lowest BCUT2D eigenvalue weighted by atomic mass is 9.87. The fourth-order valence-electron chi connectivity index (χ4n) is 2.95. The Morgan fingerprint density at radius 2 is 1.90 bits per heavy atom. The number of rotatable bonds is 8. The van der Waals surface area contributed by atoms with Gasteiger partial charge in [-0.25, -0.2) is 8.42 Å². The predicted octanol–water partition coefficient (Wildman–Crippen LogP) is 2.12. The fourth-order valence-corrected chi connectivity index (χ4v) is 4.44. The summed E-state index contributed by atoms with van der Waals surface area (Å²) in [6, 6.07) is 3.60. The Balaban J connectivity index is 2.05. The lowest BCUT2D eigenvalue weighted by molar-refractivity contribution is -0.137. The maximum absolute atomic E-state index is 12.9. The predicted molar refractivity (Wildman–Crippen MR) is 106 cm³/mol. The molecule has 0 spiro atoms. The van der Waals surface area contributed by atoms with Crippen molar-refractivity contribution in [2.75, 3.05) is 19.7 Å². The number of nitrogens with two attached hydrogens (primary N) is 1. The van der Waals surface area contributed by atoms with E-state index in [-0.39, 0.29) is 39.0 Å². The van der Waals surface area contributed by atoms with Crippen molar-refractivity contribution in [2.45, 2.75) is 50.3 Å². The van der Waals surface area contributed by atoms with Crippen LogP contribution in [-0.4, -0.2) is 55.2 Å². The summed E-state index contributed by atoms with van der Waals surface area (Å²) >= 11 is 0. The van der Waals surface area contributed by atoms with Gasteiger partial charge in [0.15, 0.2) is 0 Å². The van der Waals surface area contributed by atoms with Crippen molar-refractivity contribution in [2.24, 2.45) is 16.3 Å². The molecule has 1 aliphatic rings. The first kappa shape index (κ1) is 25.1. The van der Waals surface area contributed by atoms with E-state index in [1.807, 2.05) is 0 Å². The highest BCUT2D eigenvalue weighted by Crippen LogP contribution is 2.31. The minimum Gasteiger partial charge on any atom is -0.396 e. The smallest absolute Gasteiger partial charge is 0.396 e. The van der Waals surface area contributed by atoms with Gasteiger partial charge in [0, 0.05) is 39.0 Å². The molecule has 1 amide bonds. The monoisotopic (exact) mass is 465 g/mol. The van der Waals surface area contributed by atoms with Crippen molar-refractivity contribution in [1.29, 1.82) is 0 Å². The van der Waals surface area contributed by atoms with Gasteiger partial charge in [0.1, 0.15) is 0 Å². The molecular formula is C19H26F3N3O5S. The van der Waals surface area contributed by atoms with Crippen molar-refractivity contribution in [3.05, 3.63) is 29.8 Å². The highest BCUT2D eigenvalue weighted by atomic mass is 32.2. The fraction of sp³-hybridized carbons (Fsp3) is 0.579. The van der Waals surface area contributed by atoms with Crippen LogP contribution in [0.2, 0.25) is 0 Å². The van der Waals surface area contributed by atoms with E-state index in [1.165, 1.54) is 0 Å². The molecule has 0 saturated carbocycles. The van der Waals surface area contributed by atoms with Crippen molar-refractivity contribution < 1.29 is 36.3 Å². The molecule has 1 aromatic carbocycles. The van der Waals surface area contributed by atoms with E-state index in [4.69, 9.17) is 10.6 Å². The van der Waals surface area contributed by atoms with Crippen LogP contribution in [-0.2, 0) is 25.8 Å². The minimum atomic E-state index is -4.65. The number of primary amides is 1. The molecule has 1 unspecified atom stereocenters. The highest BCUT2D eigenvalue weighted by Gasteiger charge is 2.34. The van der Waals surface area contributed by atoms with Crippen LogP contribution >= 0.6 is 0 Å². The number of hydrogen-bond donors (Lipinski definition) is 2. The number of nitrogens with zero attached hydrogens (tertiary/aromatic N) is 2. The van der Waals surface area contributed by atoms with Crippen LogP contribution < -0.4 is 5.73 Å². The number of aliphatic hydroxyl groups is 1. The van der Waals surface area contributed by atoms with Gasteiger partial charge in [-0.2, -0.15) is 17.5 Å². The van der Waals surface area contributed by atoms with Crippen LogP contribution in [0.15, 0.2) is 34.3 Å². The number of piperidine rings is 1. The molecule has 0 aromatic heterocycles. The Morgan fingerprint density at radius 3 is 2.42 bits per heavy atom. The van der Waals surface area contributed by atoms with Crippen LogP contribution in [0.1, 0.15) is 38.7 Å². The zero-order valence-corrected chi connectivity index (χ0v) is 18.0. The Labute approximate surface area is 178 Å². The van der Waals surface area contributed by atoms with Gasteiger partial charge in [-0.15, -0.1) is 0 Å². The normalized spacial score (nSPS) is 17.3. The third-order valence-electron chi connectivity index (χ3n) is 4.89. The number of hydrogen-bond acceptors (Lipinski definition) is 6. The van der Waals surface area contributed by atoms with E-state index in [2.05, 4.69) is 5.16 Å². The lowest BCUT2D eigenvalue weighted by Gasteiger charge is -2.28. The molecule has 31 heavy (non-hydrogen) atoms. The van der Waals surface area contributed by atoms with E-state index in [1.54, 1.807) is 13.8 Å². The van der Waals surface area contributed by atoms with Crippen LogP contribution in [0.5, 0.6) is 0 Å². The zero-order valence-electron chi connectivity index (χ0n) is 17.2. The van der Waals surface area contributed by atoms with E-state index < -0.39 is 44.1 Å². The molecule has 1 aliphatic heterocycles. The van der Waals surface area contributed by atoms with Gasteiger partial charge in [0.2, 0.25) is 16.1 Å². The second-order valence-corrected chi connectivity index (χ2v) is 10.0. The molecule has 0 bridgehead atoms. The largest absolute Gasteiger partial charge is 0.416 e. The molecule has 1 atom stereocenters. The second-order valence-electron chi connectivity index (χ2n) is 8.11. The molecule has 3 N–H and O–H groups in total. The number of sulfonamides is 1. The van der Waals surface area contributed by atoms with Gasteiger partial charge in [-0.1, -0.05) is 25.1 Å². The van der Waals surface area contributed by atoms with E-state index in [0.29, 0.717) is 11.8 Å². The Bertz CT molecular complexity index is 922. The van der Waals surface area contributed by atoms with Gasteiger partial charge < -0.3 is 15.7 Å². The van der Waals surface area contributed by atoms with Crippen LogP contribution in [0, 0.1) is 5.41 Å². The quantitative estimate of drug-likeness (QED) is 0.570. The molecule has 0 aliphatic carbocycles. The average Bonchev–Trinajstić information content (AvgIpc) is 2.70. The van der Waals surface area contributed by atoms with Gasteiger partial charge in [0.25, 0.3) is 5.91 Å². The third kappa shape index (κ3) is 6.65. The summed E-state index contributed by atoms with van der Waals surface area (Å²) in [5, 5.41) is 13.3. The minimum absolute atomic E-state index is 0.00411. The standard InChI is InChI=1S/C19H26F3N3O5S/c1-18(2,12-26)11-16(17(23)27)30-24-14-6-8-25(9-7-14)31(28,29)15-5-3-4-13(10-15)19(20,21)22/h3-5,10,16,26H,6-9,11-12H2,1-2H3,(H2,23,27). The number of amides is 1.